The Labute approximate surface area is 261 Å². The van der Waals surface area contributed by atoms with Gasteiger partial charge in [-0.2, -0.15) is 0 Å². The second-order valence-corrected chi connectivity index (χ2v) is 12.6. The number of nitrogens with zero attached hydrogens (tertiary/aromatic N) is 4. The quantitative estimate of drug-likeness (QED) is 0.358. The number of hydrogen-bond acceptors (Lipinski definition) is 9. The SMILES string of the molecule is C[C@@H]1C[C@H](NC(=O)OC(C)(C)C)CN(c2ccncc2NC(=O)c2nc3cc(N4CCCCC4=O)ccc3cc2OC(N)=O)C1. The number of piperidine rings is 2. The van der Waals surface area contributed by atoms with Crippen molar-refractivity contribution < 1.29 is 28.7 Å². The fourth-order valence-electron chi connectivity index (χ4n) is 5.80. The van der Waals surface area contributed by atoms with Crippen LogP contribution in [0.25, 0.3) is 10.9 Å². The molecule has 238 valence electrons. The van der Waals surface area contributed by atoms with Crippen LogP contribution in [0.3, 0.4) is 0 Å². The summed E-state index contributed by atoms with van der Waals surface area (Å²) in [5.74, 6) is -0.482. The number of ether oxygens (including phenoxy) is 2. The highest BCUT2D eigenvalue weighted by atomic mass is 16.6. The molecule has 2 aromatic heterocycles. The van der Waals surface area contributed by atoms with Crippen molar-refractivity contribution in [3.05, 3.63) is 48.4 Å². The lowest BCUT2D eigenvalue weighted by molar-refractivity contribution is -0.119. The van der Waals surface area contributed by atoms with Gasteiger partial charge < -0.3 is 35.6 Å². The normalized spacial score (nSPS) is 18.8. The van der Waals surface area contributed by atoms with E-state index in [0.29, 0.717) is 54.0 Å². The second-order valence-electron chi connectivity index (χ2n) is 12.6. The number of amides is 4. The molecule has 5 rings (SSSR count). The number of carbonyl (C=O) groups excluding carboxylic acids is 4. The van der Waals surface area contributed by atoms with Gasteiger partial charge >= 0.3 is 12.2 Å². The summed E-state index contributed by atoms with van der Waals surface area (Å²) < 4.78 is 10.6. The standard InChI is InChI=1S/C32H39N7O6/c1-19-13-21(35-31(43)45-32(2,3)4)18-38(17-19)25-10-11-34-16-24(25)37-29(41)28-26(44-30(33)42)14-20-8-9-22(15-23(20)36-28)39-12-6-5-7-27(39)40/h8-11,14-16,19,21H,5-7,12-13,17-18H2,1-4H3,(H2,33,42)(H,35,43)(H,37,41)/t19-,21+/m1/s1. The smallest absolute Gasteiger partial charge is 0.410 e. The minimum absolute atomic E-state index is 0.0342. The maximum atomic E-state index is 13.8. The Morgan fingerprint density at radius 2 is 1.89 bits per heavy atom. The number of rotatable bonds is 6. The molecule has 2 aliphatic heterocycles. The largest absolute Gasteiger partial charge is 0.444 e. The first kappa shape index (κ1) is 31.5. The Bertz CT molecular complexity index is 1620. The fourth-order valence-corrected chi connectivity index (χ4v) is 5.80. The van der Waals surface area contributed by atoms with Crippen molar-refractivity contribution in [3.8, 4) is 5.75 Å². The van der Waals surface area contributed by atoms with Crippen LogP contribution in [-0.4, -0.2) is 65.2 Å². The Kier molecular flexibility index (Phi) is 9.07. The van der Waals surface area contributed by atoms with E-state index in [4.69, 9.17) is 15.2 Å². The van der Waals surface area contributed by atoms with Crippen LogP contribution in [-0.2, 0) is 9.53 Å². The van der Waals surface area contributed by atoms with E-state index < -0.39 is 23.7 Å². The Morgan fingerprint density at radius 3 is 2.62 bits per heavy atom. The van der Waals surface area contributed by atoms with Gasteiger partial charge in [-0.05, 0) is 70.2 Å². The van der Waals surface area contributed by atoms with E-state index >= 15 is 0 Å². The zero-order chi connectivity index (χ0) is 32.3. The molecule has 4 amide bonds. The van der Waals surface area contributed by atoms with Crippen molar-refractivity contribution in [1.82, 2.24) is 15.3 Å². The molecule has 1 aromatic carbocycles. The number of fused-ring (bicyclic) bond motifs is 1. The van der Waals surface area contributed by atoms with Crippen molar-refractivity contribution in [2.24, 2.45) is 11.7 Å². The second kappa shape index (κ2) is 13.0. The highest BCUT2D eigenvalue weighted by molar-refractivity contribution is 6.08. The maximum absolute atomic E-state index is 13.8. The van der Waals surface area contributed by atoms with Gasteiger partial charge in [-0.25, -0.2) is 14.6 Å². The molecule has 0 unspecified atom stereocenters. The third-order valence-electron chi connectivity index (χ3n) is 7.59. The minimum Gasteiger partial charge on any atom is -0.444 e. The van der Waals surface area contributed by atoms with Gasteiger partial charge in [-0.1, -0.05) is 13.0 Å². The van der Waals surface area contributed by atoms with Crippen molar-refractivity contribution in [3.63, 3.8) is 0 Å². The number of anilines is 3. The molecule has 4 heterocycles. The number of primary amides is 1. The van der Waals surface area contributed by atoms with Crippen LogP contribution in [0.5, 0.6) is 5.75 Å². The van der Waals surface area contributed by atoms with Gasteiger partial charge in [0.05, 0.1) is 23.1 Å². The zero-order valence-corrected chi connectivity index (χ0v) is 26.0. The number of nitrogens with two attached hydrogens (primary N) is 1. The molecule has 13 heteroatoms. The molecule has 0 saturated carbocycles. The number of benzene rings is 1. The van der Waals surface area contributed by atoms with E-state index in [1.165, 1.54) is 12.3 Å². The summed E-state index contributed by atoms with van der Waals surface area (Å²) in [5, 5.41) is 6.44. The van der Waals surface area contributed by atoms with Crippen LogP contribution >= 0.6 is 0 Å². The predicted octanol–water partition coefficient (Wildman–Crippen LogP) is 4.60. The monoisotopic (exact) mass is 617 g/mol. The zero-order valence-electron chi connectivity index (χ0n) is 26.0. The minimum atomic E-state index is -1.09. The van der Waals surface area contributed by atoms with E-state index in [-0.39, 0.29) is 29.3 Å². The molecule has 2 aliphatic rings. The topological polar surface area (TPSA) is 169 Å². The summed E-state index contributed by atoms with van der Waals surface area (Å²) in [4.78, 5) is 63.1. The molecule has 0 bridgehead atoms. The molecular weight excluding hydrogens is 578 g/mol. The molecule has 0 radical (unpaired) electrons. The van der Waals surface area contributed by atoms with E-state index in [1.54, 1.807) is 35.4 Å². The maximum Gasteiger partial charge on any atom is 0.410 e. The van der Waals surface area contributed by atoms with Gasteiger partial charge in [0.25, 0.3) is 5.91 Å². The number of pyridine rings is 2. The van der Waals surface area contributed by atoms with E-state index in [1.807, 2.05) is 20.8 Å². The fraction of sp³-hybridized carbons (Fsp3) is 0.438. The van der Waals surface area contributed by atoms with E-state index in [0.717, 1.165) is 19.3 Å². The lowest BCUT2D eigenvalue weighted by Gasteiger charge is -2.39. The first-order valence-electron chi connectivity index (χ1n) is 15.1. The summed E-state index contributed by atoms with van der Waals surface area (Å²) in [6.45, 7) is 9.30. The lowest BCUT2D eigenvalue weighted by Crippen LogP contribution is -2.51. The van der Waals surface area contributed by atoms with Crippen molar-refractivity contribution in [2.75, 3.05) is 34.8 Å². The van der Waals surface area contributed by atoms with Crippen LogP contribution < -0.4 is 30.9 Å². The molecule has 4 N–H and O–H groups in total. The van der Waals surface area contributed by atoms with Crippen molar-refractivity contribution in [2.45, 2.75) is 65.0 Å². The Hall–Kier alpha value is -4.94. The first-order chi connectivity index (χ1) is 21.4. The van der Waals surface area contributed by atoms with Crippen LogP contribution in [0.4, 0.5) is 26.7 Å². The van der Waals surface area contributed by atoms with Gasteiger partial charge in [0.2, 0.25) is 5.91 Å². The summed E-state index contributed by atoms with van der Waals surface area (Å²) in [6.07, 6.45) is 4.58. The molecule has 2 fully saturated rings. The highest BCUT2D eigenvalue weighted by Crippen LogP contribution is 2.32. The number of nitrogens with one attached hydrogen (secondary N) is 2. The van der Waals surface area contributed by atoms with Crippen LogP contribution in [0.2, 0.25) is 0 Å². The molecule has 0 aliphatic carbocycles. The molecule has 2 saturated heterocycles. The van der Waals surface area contributed by atoms with Crippen molar-refractivity contribution in [1.29, 1.82) is 0 Å². The van der Waals surface area contributed by atoms with Crippen LogP contribution in [0, 0.1) is 5.92 Å². The summed E-state index contributed by atoms with van der Waals surface area (Å²) in [7, 11) is 0. The van der Waals surface area contributed by atoms with Crippen LogP contribution in [0.15, 0.2) is 42.7 Å². The third-order valence-corrected chi connectivity index (χ3v) is 7.59. The molecule has 3 aromatic rings. The van der Waals surface area contributed by atoms with E-state index in [2.05, 4.69) is 32.4 Å². The van der Waals surface area contributed by atoms with Gasteiger partial charge in [0, 0.05) is 49.4 Å². The lowest BCUT2D eigenvalue weighted by atomic mass is 9.95. The molecule has 2 atom stereocenters. The molecule has 13 nitrogen and oxygen atoms in total. The summed E-state index contributed by atoms with van der Waals surface area (Å²) in [6, 6.07) is 8.42. The van der Waals surface area contributed by atoms with Crippen LogP contribution in [0.1, 0.15) is 63.9 Å². The molecule has 45 heavy (non-hydrogen) atoms. The Balaban J connectivity index is 1.42. The first-order valence-corrected chi connectivity index (χ1v) is 15.1. The molecular formula is C32H39N7O6. The summed E-state index contributed by atoms with van der Waals surface area (Å²) >= 11 is 0. The third kappa shape index (κ3) is 7.78. The molecule has 0 spiro atoms. The average molecular weight is 618 g/mol. The van der Waals surface area contributed by atoms with Crippen molar-refractivity contribution >= 4 is 52.0 Å². The number of alkyl carbamates (subject to hydrolysis) is 1. The van der Waals surface area contributed by atoms with Gasteiger partial charge in [-0.3, -0.25) is 14.6 Å². The number of carbonyl (C=O) groups is 4. The van der Waals surface area contributed by atoms with E-state index in [9.17, 15) is 19.2 Å². The highest BCUT2D eigenvalue weighted by Gasteiger charge is 2.30. The van der Waals surface area contributed by atoms with Gasteiger partial charge in [0.15, 0.2) is 11.4 Å². The van der Waals surface area contributed by atoms with Gasteiger partial charge in [0.1, 0.15) is 5.60 Å². The average Bonchev–Trinajstić information content (AvgIpc) is 2.95. The number of hydrogen-bond donors (Lipinski definition) is 3. The summed E-state index contributed by atoms with van der Waals surface area (Å²) in [5.41, 5.74) is 6.78. The number of aromatic nitrogens is 2. The Morgan fingerprint density at radius 1 is 1.09 bits per heavy atom. The predicted molar refractivity (Wildman–Crippen MR) is 170 cm³/mol. The van der Waals surface area contributed by atoms with Gasteiger partial charge in [-0.15, -0.1) is 0 Å².